The zero-order valence-electron chi connectivity index (χ0n) is 14.8. The van der Waals surface area contributed by atoms with Crippen LogP contribution in [0.1, 0.15) is 30.4 Å². The largest absolute Gasteiger partial charge is 0.390 e. The molecule has 1 heterocycles. The normalized spacial score (nSPS) is 18.7. The molecule has 1 aliphatic heterocycles. The molecule has 2 aromatic rings. The number of hydrogen-bond acceptors (Lipinski definition) is 3. The van der Waals surface area contributed by atoms with Gasteiger partial charge in [0.05, 0.1) is 12.3 Å². The molecule has 0 radical (unpaired) electrons. The molecule has 0 N–H and O–H groups in total. The number of amides is 1. The Morgan fingerprint density at radius 2 is 2.04 bits per heavy atom. The molecule has 1 atom stereocenters. The molecular formula is C21H20ClFN2O2. The second-order valence-corrected chi connectivity index (χ2v) is 7.47. The van der Waals surface area contributed by atoms with E-state index in [0.29, 0.717) is 35.8 Å². The van der Waals surface area contributed by atoms with Crippen molar-refractivity contribution in [2.24, 2.45) is 11.1 Å². The molecule has 2 aliphatic rings. The van der Waals surface area contributed by atoms with Crippen molar-refractivity contribution in [3.8, 4) is 0 Å². The maximum atomic E-state index is 13.4. The molecule has 140 valence electrons. The van der Waals surface area contributed by atoms with Crippen LogP contribution in [0.3, 0.4) is 0 Å². The third-order valence-electron chi connectivity index (χ3n) is 4.87. The molecule has 0 bridgehead atoms. The molecule has 6 heteroatoms. The Labute approximate surface area is 162 Å². The van der Waals surface area contributed by atoms with Gasteiger partial charge in [0.25, 0.3) is 0 Å². The number of rotatable bonds is 6. The highest BCUT2D eigenvalue weighted by Gasteiger charge is 2.35. The summed E-state index contributed by atoms with van der Waals surface area (Å²) in [6, 6.07) is 13.9. The number of carbonyl (C=O) groups is 1. The van der Waals surface area contributed by atoms with E-state index in [1.54, 1.807) is 6.07 Å². The van der Waals surface area contributed by atoms with Crippen molar-refractivity contribution in [2.45, 2.75) is 31.9 Å². The van der Waals surface area contributed by atoms with Crippen LogP contribution in [0.25, 0.3) is 0 Å². The van der Waals surface area contributed by atoms with Crippen LogP contribution in [0, 0.1) is 11.7 Å². The lowest BCUT2D eigenvalue weighted by Gasteiger charge is -2.25. The van der Waals surface area contributed by atoms with Gasteiger partial charge >= 0.3 is 0 Å². The fourth-order valence-electron chi connectivity index (χ4n) is 3.26. The molecule has 1 saturated carbocycles. The highest BCUT2D eigenvalue weighted by molar-refractivity contribution is 6.31. The Morgan fingerprint density at radius 3 is 2.78 bits per heavy atom. The number of halogens is 2. The fraction of sp³-hybridized carbons (Fsp3) is 0.333. The van der Waals surface area contributed by atoms with Gasteiger partial charge in [0, 0.05) is 29.5 Å². The van der Waals surface area contributed by atoms with E-state index in [9.17, 15) is 9.18 Å². The van der Waals surface area contributed by atoms with E-state index in [2.05, 4.69) is 5.16 Å². The van der Waals surface area contributed by atoms with Crippen molar-refractivity contribution in [2.75, 3.05) is 6.54 Å². The van der Waals surface area contributed by atoms with E-state index in [4.69, 9.17) is 16.4 Å². The standard InChI is InChI=1S/C21H20ClFN2O2/c22-19-7-2-1-4-16(19)12-25(21(26)14-8-9-14)13-18-11-20(24-27-18)15-5-3-6-17(23)10-15/h1-7,10,14,18H,8-9,11-13H2. The summed E-state index contributed by atoms with van der Waals surface area (Å²) in [5, 5.41) is 4.76. The van der Waals surface area contributed by atoms with Crippen molar-refractivity contribution in [1.82, 2.24) is 4.90 Å². The van der Waals surface area contributed by atoms with Gasteiger partial charge in [0.2, 0.25) is 5.91 Å². The molecule has 0 spiro atoms. The quantitative estimate of drug-likeness (QED) is 0.737. The Balaban J connectivity index is 1.45. The average Bonchev–Trinajstić information content (AvgIpc) is 3.41. The fourth-order valence-corrected chi connectivity index (χ4v) is 3.46. The topological polar surface area (TPSA) is 41.9 Å². The Hall–Kier alpha value is -2.40. The van der Waals surface area contributed by atoms with Crippen LogP contribution < -0.4 is 0 Å². The first-order valence-corrected chi connectivity index (χ1v) is 9.49. The molecule has 0 aromatic heterocycles. The van der Waals surface area contributed by atoms with E-state index in [0.717, 1.165) is 18.4 Å². The van der Waals surface area contributed by atoms with Crippen molar-refractivity contribution in [3.05, 3.63) is 70.5 Å². The van der Waals surface area contributed by atoms with Crippen molar-refractivity contribution < 1.29 is 14.0 Å². The highest BCUT2D eigenvalue weighted by atomic mass is 35.5. The monoisotopic (exact) mass is 386 g/mol. The molecule has 4 rings (SSSR count). The SMILES string of the molecule is O=C(C1CC1)N(Cc1ccccc1Cl)CC1CC(c2cccc(F)c2)=NO1. The summed E-state index contributed by atoms with van der Waals surface area (Å²) in [5.41, 5.74) is 2.33. The predicted octanol–water partition coefficient (Wildman–Crippen LogP) is 4.41. The van der Waals surface area contributed by atoms with E-state index in [1.807, 2.05) is 35.2 Å². The van der Waals surface area contributed by atoms with Crippen LogP contribution in [0.15, 0.2) is 53.7 Å². The zero-order valence-corrected chi connectivity index (χ0v) is 15.5. The summed E-state index contributed by atoms with van der Waals surface area (Å²) in [6.07, 6.45) is 2.18. The van der Waals surface area contributed by atoms with Gasteiger partial charge in [-0.3, -0.25) is 4.79 Å². The Bertz CT molecular complexity index is 882. The summed E-state index contributed by atoms with van der Waals surface area (Å²) >= 11 is 6.28. The van der Waals surface area contributed by atoms with E-state index in [-0.39, 0.29) is 23.7 Å². The van der Waals surface area contributed by atoms with Crippen LogP contribution in [-0.2, 0) is 16.2 Å². The minimum atomic E-state index is -0.303. The first-order chi connectivity index (χ1) is 13.1. The first kappa shape index (κ1) is 18.0. The highest BCUT2D eigenvalue weighted by Crippen LogP contribution is 2.32. The number of oxime groups is 1. The Morgan fingerprint density at radius 1 is 1.22 bits per heavy atom. The van der Waals surface area contributed by atoms with Gasteiger partial charge in [-0.15, -0.1) is 0 Å². The molecule has 1 aliphatic carbocycles. The molecule has 2 aromatic carbocycles. The number of carbonyl (C=O) groups excluding carboxylic acids is 1. The number of hydrogen-bond donors (Lipinski definition) is 0. The summed E-state index contributed by atoms with van der Waals surface area (Å²) in [6.45, 7) is 0.882. The second kappa shape index (κ2) is 7.69. The molecule has 1 amide bonds. The summed E-state index contributed by atoms with van der Waals surface area (Å²) in [7, 11) is 0. The third kappa shape index (κ3) is 4.30. The minimum Gasteiger partial charge on any atom is -0.390 e. The molecule has 0 saturated heterocycles. The smallest absolute Gasteiger partial charge is 0.226 e. The van der Waals surface area contributed by atoms with Crippen LogP contribution in [0.4, 0.5) is 4.39 Å². The van der Waals surface area contributed by atoms with Crippen molar-refractivity contribution in [3.63, 3.8) is 0 Å². The van der Waals surface area contributed by atoms with E-state index in [1.165, 1.54) is 12.1 Å². The van der Waals surface area contributed by atoms with Gasteiger partial charge in [-0.2, -0.15) is 0 Å². The Kier molecular flexibility index (Phi) is 5.12. The maximum Gasteiger partial charge on any atom is 0.226 e. The van der Waals surface area contributed by atoms with Gasteiger partial charge in [-0.1, -0.05) is 47.1 Å². The predicted molar refractivity (Wildman–Crippen MR) is 102 cm³/mol. The maximum absolute atomic E-state index is 13.4. The van der Waals surface area contributed by atoms with Gasteiger partial charge in [0.1, 0.15) is 5.82 Å². The van der Waals surface area contributed by atoms with Crippen molar-refractivity contribution >= 4 is 23.2 Å². The van der Waals surface area contributed by atoms with E-state index < -0.39 is 0 Å². The molecular weight excluding hydrogens is 367 g/mol. The second-order valence-electron chi connectivity index (χ2n) is 7.06. The van der Waals surface area contributed by atoms with Crippen LogP contribution in [0.5, 0.6) is 0 Å². The first-order valence-electron chi connectivity index (χ1n) is 9.11. The van der Waals surface area contributed by atoms with Gasteiger partial charge < -0.3 is 9.74 Å². The number of nitrogens with zero attached hydrogens (tertiary/aromatic N) is 2. The third-order valence-corrected chi connectivity index (χ3v) is 5.24. The van der Waals surface area contributed by atoms with Crippen molar-refractivity contribution in [1.29, 1.82) is 0 Å². The lowest BCUT2D eigenvalue weighted by Crippen LogP contribution is -2.38. The molecule has 27 heavy (non-hydrogen) atoms. The van der Waals surface area contributed by atoms with Gasteiger partial charge in [-0.25, -0.2) is 4.39 Å². The minimum absolute atomic E-state index is 0.109. The molecule has 4 nitrogen and oxygen atoms in total. The summed E-state index contributed by atoms with van der Waals surface area (Å²) in [4.78, 5) is 20.1. The number of benzene rings is 2. The summed E-state index contributed by atoms with van der Waals surface area (Å²) < 4.78 is 13.4. The summed E-state index contributed by atoms with van der Waals surface area (Å²) in [5.74, 6) is -0.0573. The lowest BCUT2D eigenvalue weighted by molar-refractivity contribution is -0.135. The zero-order chi connectivity index (χ0) is 18.8. The van der Waals surface area contributed by atoms with Crippen LogP contribution in [-0.4, -0.2) is 29.2 Å². The average molecular weight is 387 g/mol. The van der Waals surface area contributed by atoms with Crippen LogP contribution >= 0.6 is 11.6 Å². The molecule has 1 unspecified atom stereocenters. The molecule has 1 fully saturated rings. The lowest BCUT2D eigenvalue weighted by atomic mass is 10.0. The van der Waals surface area contributed by atoms with E-state index >= 15 is 0 Å². The van der Waals surface area contributed by atoms with Crippen LogP contribution in [0.2, 0.25) is 5.02 Å². The van der Waals surface area contributed by atoms with Gasteiger partial charge in [0.15, 0.2) is 6.10 Å². The van der Waals surface area contributed by atoms with Gasteiger partial charge in [-0.05, 0) is 36.6 Å².